The smallest absolute Gasteiger partial charge is 0.354 e. The van der Waals surface area contributed by atoms with E-state index < -0.39 is 27.4 Å². The van der Waals surface area contributed by atoms with Gasteiger partial charge in [0.2, 0.25) is 0 Å². The van der Waals surface area contributed by atoms with Gasteiger partial charge < -0.3 is 21.4 Å². The first kappa shape index (κ1) is 31.8. The van der Waals surface area contributed by atoms with Gasteiger partial charge in [-0.2, -0.15) is 4.98 Å². The number of benzene rings is 2. The van der Waals surface area contributed by atoms with E-state index in [0.717, 1.165) is 24.0 Å². The molecule has 13 heteroatoms. The van der Waals surface area contributed by atoms with E-state index in [-0.39, 0.29) is 28.6 Å². The lowest BCUT2D eigenvalue weighted by molar-refractivity contribution is 0.429. The van der Waals surface area contributed by atoms with E-state index in [9.17, 15) is 13.2 Å². The number of halogens is 2. The molecule has 1 aliphatic rings. The van der Waals surface area contributed by atoms with Crippen molar-refractivity contribution in [1.29, 1.82) is 5.41 Å². The molecule has 0 spiro atoms. The van der Waals surface area contributed by atoms with Gasteiger partial charge in [0, 0.05) is 41.8 Å². The Morgan fingerprint density at radius 1 is 1.25 bits per heavy atom. The van der Waals surface area contributed by atoms with Crippen LogP contribution < -0.4 is 22.1 Å². The Labute approximate surface area is 260 Å². The summed E-state index contributed by atoms with van der Waals surface area (Å²) >= 11 is 6.23. The van der Waals surface area contributed by atoms with Crippen molar-refractivity contribution in [2.75, 3.05) is 18.1 Å². The highest BCUT2D eigenvalue weighted by Gasteiger charge is 2.31. The number of H-pyrrole nitrogens is 1. The topological polar surface area (TPSA) is 159 Å². The van der Waals surface area contributed by atoms with Gasteiger partial charge >= 0.3 is 5.69 Å². The van der Waals surface area contributed by atoms with Crippen molar-refractivity contribution in [1.82, 2.24) is 25.2 Å². The fourth-order valence-corrected chi connectivity index (χ4v) is 7.66. The zero-order chi connectivity index (χ0) is 31.6. The predicted octanol–water partition coefficient (Wildman–Crippen LogP) is 4.25. The number of nitrogens with one attached hydrogen (secondary N) is 4. The summed E-state index contributed by atoms with van der Waals surface area (Å²) in [6.45, 7) is 4.10. The number of sulfone groups is 1. The van der Waals surface area contributed by atoms with Gasteiger partial charge in [-0.05, 0) is 81.0 Å². The van der Waals surface area contributed by atoms with E-state index in [1.54, 1.807) is 55.6 Å². The van der Waals surface area contributed by atoms with Crippen LogP contribution in [0.5, 0.6) is 0 Å². The second-order valence-electron chi connectivity index (χ2n) is 11.6. The maximum Gasteiger partial charge on any atom is 0.354 e. The molecule has 1 fully saturated rings. The molecule has 0 radical (unpaired) electrons. The number of aromatic nitrogens is 3. The Balaban J connectivity index is 1.38. The van der Waals surface area contributed by atoms with Gasteiger partial charge in [0.05, 0.1) is 33.7 Å². The monoisotopic (exact) mass is 641 g/mol. The summed E-state index contributed by atoms with van der Waals surface area (Å²) in [6, 6.07) is 11.7. The molecule has 2 aromatic heterocycles. The highest BCUT2D eigenvalue weighted by molar-refractivity contribution is 7.91. The summed E-state index contributed by atoms with van der Waals surface area (Å²) in [7, 11) is -3.26. The third-order valence-electron chi connectivity index (χ3n) is 7.78. The molecule has 4 aromatic rings. The highest BCUT2D eigenvalue weighted by Crippen LogP contribution is 2.31. The molecule has 0 unspecified atom stereocenters. The van der Waals surface area contributed by atoms with Crippen LogP contribution in [0.1, 0.15) is 50.3 Å². The molecule has 0 bridgehead atoms. The summed E-state index contributed by atoms with van der Waals surface area (Å²) in [4.78, 5) is 20.3. The summed E-state index contributed by atoms with van der Waals surface area (Å²) in [6.07, 6.45) is 4.61. The van der Waals surface area contributed by atoms with Crippen LogP contribution in [0.3, 0.4) is 0 Å². The van der Waals surface area contributed by atoms with E-state index in [1.807, 2.05) is 6.92 Å². The van der Waals surface area contributed by atoms with E-state index in [2.05, 4.69) is 20.6 Å². The predicted molar refractivity (Wildman–Crippen MR) is 173 cm³/mol. The minimum atomic E-state index is -3.26. The van der Waals surface area contributed by atoms with Crippen molar-refractivity contribution in [3.63, 3.8) is 0 Å². The molecule has 5 rings (SSSR count). The van der Waals surface area contributed by atoms with Crippen LogP contribution in [0.4, 0.5) is 4.39 Å². The third-order valence-corrected chi connectivity index (χ3v) is 9.81. The molecule has 3 heterocycles. The Morgan fingerprint density at radius 2 is 2.00 bits per heavy atom. The lowest BCUT2D eigenvalue weighted by Crippen LogP contribution is -2.48. The van der Waals surface area contributed by atoms with Crippen LogP contribution in [-0.2, 0) is 16.3 Å². The highest BCUT2D eigenvalue weighted by atomic mass is 35.5. The Morgan fingerprint density at radius 3 is 2.70 bits per heavy atom. The van der Waals surface area contributed by atoms with E-state index in [0.29, 0.717) is 53.2 Å². The molecular weight excluding hydrogens is 605 g/mol. The van der Waals surface area contributed by atoms with E-state index >= 15 is 4.39 Å². The fraction of sp³-hybridized carbons (Fsp3) is 0.387. The summed E-state index contributed by atoms with van der Waals surface area (Å²) in [5, 5.41) is 14.5. The van der Waals surface area contributed by atoms with Crippen molar-refractivity contribution < 1.29 is 12.8 Å². The van der Waals surface area contributed by atoms with Crippen LogP contribution >= 0.6 is 11.6 Å². The van der Waals surface area contributed by atoms with Gasteiger partial charge in [-0.3, -0.25) is 9.98 Å². The Kier molecular flexibility index (Phi) is 9.54. The first-order valence-electron chi connectivity index (χ1n) is 14.6. The van der Waals surface area contributed by atoms with Crippen LogP contribution in [-0.4, -0.2) is 58.9 Å². The maximum atomic E-state index is 15.1. The number of rotatable bonds is 10. The average molecular weight is 642 g/mol. The van der Waals surface area contributed by atoms with Gasteiger partial charge in [0.15, 0.2) is 15.7 Å². The van der Waals surface area contributed by atoms with Crippen LogP contribution in [0.25, 0.3) is 28.0 Å². The Hall–Kier alpha value is -3.58. The number of nitrogens with zero attached hydrogens (tertiary/aromatic N) is 2. The first-order valence-corrected chi connectivity index (χ1v) is 16.8. The summed E-state index contributed by atoms with van der Waals surface area (Å²) < 4.78 is 41.8. The average Bonchev–Trinajstić information content (AvgIpc) is 3.36. The molecule has 0 amide bonds. The summed E-state index contributed by atoms with van der Waals surface area (Å²) in [5.74, 6) is -0.188. The van der Waals surface area contributed by atoms with E-state index in [4.69, 9.17) is 22.7 Å². The van der Waals surface area contributed by atoms with Gasteiger partial charge in [0.1, 0.15) is 5.65 Å². The zero-order valence-electron chi connectivity index (χ0n) is 24.7. The van der Waals surface area contributed by atoms with Crippen molar-refractivity contribution in [3.05, 3.63) is 81.1 Å². The molecule has 234 valence electrons. The maximum absolute atomic E-state index is 15.1. The number of nitrogens with two attached hydrogens (primary N) is 1. The SMILES string of the molecule is CC(=N)NCC[C@@H]1CS(=O)(=O)C[C@@H](c2ccc(-n3cc4cc(-c5cc(CCC[C@H](C)N)cc(Cl)c5F)[nH]c4nc3=O)cc2)N1. The molecule has 10 nitrogen and oxygen atoms in total. The lowest BCUT2D eigenvalue weighted by Gasteiger charge is -2.31. The fourth-order valence-electron chi connectivity index (χ4n) is 5.61. The molecule has 1 aliphatic heterocycles. The quantitative estimate of drug-likeness (QED) is 0.128. The summed E-state index contributed by atoms with van der Waals surface area (Å²) in [5.41, 5.74) is 8.66. The molecule has 44 heavy (non-hydrogen) atoms. The number of hydrogen-bond acceptors (Lipinski definition) is 7. The number of fused-ring (bicyclic) bond motifs is 1. The minimum absolute atomic E-state index is 0.0205. The van der Waals surface area contributed by atoms with Crippen molar-refractivity contribution >= 4 is 38.3 Å². The molecule has 2 aromatic carbocycles. The molecule has 0 aliphatic carbocycles. The molecule has 6 N–H and O–H groups in total. The van der Waals surface area contributed by atoms with Gasteiger partial charge in [0.25, 0.3) is 0 Å². The number of hydrogen-bond donors (Lipinski definition) is 5. The van der Waals surface area contributed by atoms with Crippen molar-refractivity contribution in [2.45, 2.75) is 57.7 Å². The van der Waals surface area contributed by atoms with E-state index in [1.165, 1.54) is 4.57 Å². The van der Waals surface area contributed by atoms with Crippen LogP contribution in [0.2, 0.25) is 5.02 Å². The van der Waals surface area contributed by atoms with Gasteiger partial charge in [-0.25, -0.2) is 17.6 Å². The standard InChI is InChI=1S/C31H37ClFN7O3S/c1-18(34)4-3-5-20-12-25(29(33)26(32)13-20)27-14-22-15-40(31(41)39-30(22)38-27)24-8-6-21(7-9-24)28-17-44(42,43)16-23(37-28)10-11-36-19(2)35/h6-9,12-15,18,23,28,37H,3-5,10-11,16-17,34H2,1-2H3,(H2,35,36)(H,38,39,41)/t18-,23+,28-/m0/s1. The second-order valence-corrected chi connectivity index (χ2v) is 14.2. The molecular formula is C31H37ClFN7O3S. The van der Waals surface area contributed by atoms with Gasteiger partial charge in [-0.15, -0.1) is 0 Å². The van der Waals surface area contributed by atoms with Gasteiger partial charge in [-0.1, -0.05) is 23.7 Å². The number of aromatic amines is 1. The molecule has 0 saturated carbocycles. The largest absolute Gasteiger partial charge is 0.374 e. The van der Waals surface area contributed by atoms with Crippen molar-refractivity contribution in [3.8, 4) is 16.9 Å². The van der Waals surface area contributed by atoms with Crippen LogP contribution in [0, 0.1) is 11.2 Å². The minimum Gasteiger partial charge on any atom is -0.374 e. The normalized spacial score (nSPS) is 18.8. The van der Waals surface area contributed by atoms with Crippen LogP contribution in [0.15, 0.2) is 53.5 Å². The zero-order valence-corrected chi connectivity index (χ0v) is 26.2. The lowest BCUT2D eigenvalue weighted by atomic mass is 10.0. The molecule has 3 atom stereocenters. The third kappa shape index (κ3) is 7.55. The first-order chi connectivity index (χ1) is 20.9. The molecule has 1 saturated heterocycles. The second kappa shape index (κ2) is 13.2. The van der Waals surface area contributed by atoms with Crippen molar-refractivity contribution in [2.24, 2.45) is 5.73 Å². The Bertz CT molecular complexity index is 1840. The number of amidine groups is 1. The number of aryl methyl sites for hydroxylation is 1.